The molecule has 0 bridgehead atoms. The van der Waals surface area contributed by atoms with Gasteiger partial charge in [0, 0.05) is 32.1 Å². The average molecular weight is 229 g/mol. The molecule has 0 saturated heterocycles. The molecular weight excluding hydrogens is 202 g/mol. The maximum absolute atomic E-state index is 12.0. The Morgan fingerprint density at radius 2 is 1.56 bits per heavy atom. The Morgan fingerprint density at radius 1 is 1.06 bits per heavy atom. The highest BCUT2D eigenvalue weighted by Gasteiger charge is 2.20. The van der Waals surface area contributed by atoms with Gasteiger partial charge in [0.25, 0.3) is 0 Å². The molecule has 2 N–H and O–H groups in total. The summed E-state index contributed by atoms with van der Waals surface area (Å²) in [5.41, 5.74) is 5.74. The molecule has 0 aromatic heterocycles. The van der Waals surface area contributed by atoms with E-state index in [2.05, 4.69) is 18.7 Å². The molecule has 1 unspecified atom stereocenters. The molecule has 0 aliphatic heterocycles. The lowest BCUT2D eigenvalue weighted by atomic mass is 10.1. The minimum atomic E-state index is 0.183. The number of nitrogens with zero attached hydrogens (tertiary/aromatic N) is 2. The first-order chi connectivity index (χ1) is 7.64. The highest BCUT2D eigenvalue weighted by atomic mass is 16.2. The Morgan fingerprint density at radius 3 is 1.88 bits per heavy atom. The minimum absolute atomic E-state index is 0.183. The number of amides is 1. The van der Waals surface area contributed by atoms with E-state index < -0.39 is 0 Å². The van der Waals surface area contributed by atoms with Crippen molar-refractivity contribution in [3.05, 3.63) is 0 Å². The van der Waals surface area contributed by atoms with Crippen LogP contribution in [0.15, 0.2) is 0 Å². The van der Waals surface area contributed by atoms with Gasteiger partial charge < -0.3 is 10.6 Å². The van der Waals surface area contributed by atoms with Crippen molar-refractivity contribution in [1.82, 2.24) is 9.80 Å². The molecule has 0 saturated carbocycles. The summed E-state index contributed by atoms with van der Waals surface area (Å²) in [5.74, 6) is 0.215. The second kappa shape index (κ2) is 8.53. The standard InChI is InChI=1S/C12H27N3O/c1-5-14(6-2)11(10-13)9-12(16)15(7-3)8-4/h11H,5-10,13H2,1-4H3. The Hall–Kier alpha value is -0.610. The Kier molecular flexibility index (Phi) is 8.21. The van der Waals surface area contributed by atoms with Crippen LogP contribution in [-0.4, -0.2) is 54.5 Å². The molecular formula is C12H27N3O. The third kappa shape index (κ3) is 4.49. The number of hydrogen-bond donors (Lipinski definition) is 1. The zero-order valence-electron chi connectivity index (χ0n) is 11.2. The van der Waals surface area contributed by atoms with Gasteiger partial charge in [-0.05, 0) is 26.9 Å². The van der Waals surface area contributed by atoms with E-state index in [1.165, 1.54) is 0 Å². The lowest BCUT2D eigenvalue weighted by Gasteiger charge is -2.30. The lowest BCUT2D eigenvalue weighted by Crippen LogP contribution is -2.44. The molecule has 0 aromatic rings. The van der Waals surface area contributed by atoms with E-state index in [-0.39, 0.29) is 11.9 Å². The predicted molar refractivity (Wildman–Crippen MR) is 68.3 cm³/mol. The van der Waals surface area contributed by atoms with Crippen LogP contribution >= 0.6 is 0 Å². The van der Waals surface area contributed by atoms with Gasteiger partial charge in [0.05, 0.1) is 0 Å². The van der Waals surface area contributed by atoms with Crippen molar-refractivity contribution in [2.45, 2.75) is 40.2 Å². The van der Waals surface area contributed by atoms with Gasteiger partial charge in [0.15, 0.2) is 0 Å². The second-order valence-electron chi connectivity index (χ2n) is 3.88. The lowest BCUT2D eigenvalue weighted by molar-refractivity contribution is -0.132. The predicted octanol–water partition coefficient (Wildman–Crippen LogP) is 0.914. The van der Waals surface area contributed by atoms with Gasteiger partial charge in [-0.15, -0.1) is 0 Å². The topological polar surface area (TPSA) is 49.6 Å². The highest BCUT2D eigenvalue weighted by Crippen LogP contribution is 2.05. The van der Waals surface area contributed by atoms with Crippen LogP contribution in [0.2, 0.25) is 0 Å². The molecule has 0 aromatic carbocycles. The fourth-order valence-electron chi connectivity index (χ4n) is 2.01. The van der Waals surface area contributed by atoms with Crippen LogP contribution in [0, 0.1) is 0 Å². The van der Waals surface area contributed by atoms with Gasteiger partial charge in [-0.3, -0.25) is 9.69 Å². The summed E-state index contributed by atoms with van der Waals surface area (Å²) in [6.45, 7) is 12.2. The first-order valence-electron chi connectivity index (χ1n) is 6.36. The molecule has 16 heavy (non-hydrogen) atoms. The first-order valence-corrected chi connectivity index (χ1v) is 6.36. The van der Waals surface area contributed by atoms with Gasteiger partial charge >= 0.3 is 0 Å². The van der Waals surface area contributed by atoms with Crippen LogP contribution in [0.5, 0.6) is 0 Å². The molecule has 0 spiro atoms. The Bertz CT molecular complexity index is 189. The quantitative estimate of drug-likeness (QED) is 0.673. The van der Waals surface area contributed by atoms with E-state index in [1.807, 2.05) is 18.7 Å². The van der Waals surface area contributed by atoms with Crippen molar-refractivity contribution in [3.63, 3.8) is 0 Å². The van der Waals surface area contributed by atoms with E-state index >= 15 is 0 Å². The zero-order chi connectivity index (χ0) is 12.6. The summed E-state index contributed by atoms with van der Waals surface area (Å²) >= 11 is 0. The fraction of sp³-hybridized carbons (Fsp3) is 0.917. The number of hydrogen-bond acceptors (Lipinski definition) is 3. The average Bonchev–Trinajstić information content (AvgIpc) is 2.30. The molecule has 0 aliphatic rings. The number of carbonyl (C=O) groups excluding carboxylic acids is 1. The summed E-state index contributed by atoms with van der Waals surface area (Å²) in [7, 11) is 0. The summed E-state index contributed by atoms with van der Waals surface area (Å²) in [6.07, 6.45) is 0.542. The van der Waals surface area contributed by atoms with E-state index in [4.69, 9.17) is 5.73 Å². The third-order valence-corrected chi connectivity index (χ3v) is 3.13. The van der Waals surface area contributed by atoms with Crippen molar-refractivity contribution in [1.29, 1.82) is 0 Å². The van der Waals surface area contributed by atoms with Crippen LogP contribution in [-0.2, 0) is 4.79 Å². The Balaban J connectivity index is 4.35. The van der Waals surface area contributed by atoms with E-state index in [0.717, 1.165) is 26.2 Å². The van der Waals surface area contributed by atoms with E-state index in [1.54, 1.807) is 0 Å². The van der Waals surface area contributed by atoms with E-state index in [9.17, 15) is 4.79 Å². The van der Waals surface area contributed by atoms with Crippen LogP contribution < -0.4 is 5.73 Å². The fourth-order valence-corrected chi connectivity index (χ4v) is 2.01. The molecule has 0 radical (unpaired) electrons. The maximum Gasteiger partial charge on any atom is 0.224 e. The van der Waals surface area contributed by atoms with Crippen molar-refractivity contribution in [2.24, 2.45) is 5.73 Å². The van der Waals surface area contributed by atoms with Gasteiger partial charge in [0.2, 0.25) is 5.91 Å². The summed E-state index contributed by atoms with van der Waals surface area (Å²) in [5, 5.41) is 0. The molecule has 0 fully saturated rings. The first kappa shape index (κ1) is 15.4. The molecule has 1 atom stereocenters. The molecule has 0 rings (SSSR count). The summed E-state index contributed by atoms with van der Waals surface area (Å²) in [4.78, 5) is 16.1. The SMILES string of the molecule is CCN(CC)C(=O)CC(CN)N(CC)CC. The molecule has 1 amide bonds. The maximum atomic E-state index is 12.0. The van der Waals surface area contributed by atoms with Crippen LogP contribution in [0.3, 0.4) is 0 Å². The molecule has 0 heterocycles. The van der Waals surface area contributed by atoms with Crippen LogP contribution in [0.4, 0.5) is 0 Å². The molecule has 4 heteroatoms. The number of rotatable bonds is 8. The molecule has 96 valence electrons. The molecule has 0 aliphatic carbocycles. The van der Waals surface area contributed by atoms with E-state index in [0.29, 0.717) is 13.0 Å². The summed E-state index contributed by atoms with van der Waals surface area (Å²) < 4.78 is 0. The van der Waals surface area contributed by atoms with Crippen LogP contribution in [0.1, 0.15) is 34.1 Å². The molecule has 4 nitrogen and oxygen atoms in total. The van der Waals surface area contributed by atoms with Gasteiger partial charge in [-0.2, -0.15) is 0 Å². The van der Waals surface area contributed by atoms with Gasteiger partial charge in [-0.25, -0.2) is 0 Å². The van der Waals surface area contributed by atoms with Crippen molar-refractivity contribution in [2.75, 3.05) is 32.7 Å². The largest absolute Gasteiger partial charge is 0.343 e. The van der Waals surface area contributed by atoms with Crippen molar-refractivity contribution < 1.29 is 4.79 Å². The van der Waals surface area contributed by atoms with Crippen LogP contribution in [0.25, 0.3) is 0 Å². The summed E-state index contributed by atoms with van der Waals surface area (Å²) in [6, 6.07) is 0.183. The minimum Gasteiger partial charge on any atom is -0.343 e. The van der Waals surface area contributed by atoms with Gasteiger partial charge in [-0.1, -0.05) is 13.8 Å². The number of carbonyl (C=O) groups is 1. The van der Waals surface area contributed by atoms with Crippen molar-refractivity contribution in [3.8, 4) is 0 Å². The second-order valence-corrected chi connectivity index (χ2v) is 3.88. The zero-order valence-corrected chi connectivity index (χ0v) is 11.2. The van der Waals surface area contributed by atoms with Crippen molar-refractivity contribution >= 4 is 5.91 Å². The van der Waals surface area contributed by atoms with Gasteiger partial charge in [0.1, 0.15) is 0 Å². The highest BCUT2D eigenvalue weighted by molar-refractivity contribution is 5.76. The number of likely N-dealkylation sites (N-methyl/N-ethyl adjacent to an activating group) is 1. The monoisotopic (exact) mass is 229 g/mol. The smallest absolute Gasteiger partial charge is 0.224 e. The third-order valence-electron chi connectivity index (χ3n) is 3.13. The normalized spacial score (nSPS) is 12.9. The number of nitrogens with two attached hydrogens (primary N) is 1. The Labute approximate surface area is 99.8 Å².